The lowest BCUT2D eigenvalue weighted by atomic mass is 9.87. The molecule has 3 unspecified atom stereocenters. The molecule has 1 saturated heterocycles. The molecule has 18 heavy (non-hydrogen) atoms. The van der Waals surface area contributed by atoms with E-state index in [-0.39, 0.29) is 0 Å². The van der Waals surface area contributed by atoms with E-state index in [0.717, 1.165) is 24.7 Å². The van der Waals surface area contributed by atoms with E-state index in [1.165, 1.54) is 64.3 Å². The van der Waals surface area contributed by atoms with Crippen LogP contribution in [-0.4, -0.2) is 36.1 Å². The molecule has 2 fully saturated rings. The third-order valence-corrected chi connectivity index (χ3v) is 5.02. The average molecular weight is 252 g/mol. The smallest absolute Gasteiger partial charge is 0.0252 e. The molecule has 1 heterocycles. The predicted molar refractivity (Wildman–Crippen MR) is 79.0 cm³/mol. The second-order valence-corrected chi connectivity index (χ2v) is 6.17. The van der Waals surface area contributed by atoms with E-state index >= 15 is 0 Å². The molecule has 1 aliphatic carbocycles. The van der Waals surface area contributed by atoms with Crippen molar-refractivity contribution in [3.8, 4) is 0 Å². The Morgan fingerprint density at radius 3 is 2.50 bits per heavy atom. The summed E-state index contributed by atoms with van der Waals surface area (Å²) in [5, 5.41) is 3.76. The number of hydrogen-bond acceptors (Lipinski definition) is 2. The van der Waals surface area contributed by atoms with Gasteiger partial charge in [0.2, 0.25) is 0 Å². The van der Waals surface area contributed by atoms with E-state index in [4.69, 9.17) is 0 Å². The first kappa shape index (κ1) is 14.3. The van der Waals surface area contributed by atoms with Crippen LogP contribution in [0.25, 0.3) is 0 Å². The molecule has 2 aliphatic rings. The molecule has 0 amide bonds. The van der Waals surface area contributed by atoms with Crippen LogP contribution in [0.15, 0.2) is 0 Å². The molecule has 0 aromatic heterocycles. The lowest BCUT2D eigenvalue weighted by molar-refractivity contribution is 0.0787. The third kappa shape index (κ3) is 3.48. The average Bonchev–Trinajstić information content (AvgIpc) is 2.65. The maximum Gasteiger partial charge on any atom is 0.0252 e. The van der Waals surface area contributed by atoms with Gasteiger partial charge in [-0.05, 0) is 45.2 Å². The molecule has 2 rings (SSSR count). The maximum absolute atomic E-state index is 3.76. The van der Waals surface area contributed by atoms with E-state index in [0.29, 0.717) is 0 Å². The number of likely N-dealkylation sites (tertiary alicyclic amines) is 1. The molecule has 0 aromatic carbocycles. The Balaban J connectivity index is 2.03. The number of rotatable bonds is 4. The van der Waals surface area contributed by atoms with E-state index < -0.39 is 0 Å². The van der Waals surface area contributed by atoms with Crippen LogP contribution in [0, 0.1) is 0 Å². The highest BCUT2D eigenvalue weighted by Gasteiger charge is 2.33. The number of nitrogens with zero attached hydrogens (tertiary/aromatic N) is 1. The van der Waals surface area contributed by atoms with Gasteiger partial charge in [0.25, 0.3) is 0 Å². The first-order valence-electron chi connectivity index (χ1n) is 8.36. The van der Waals surface area contributed by atoms with Crippen molar-refractivity contribution < 1.29 is 0 Å². The Kier molecular flexibility index (Phi) is 5.97. The monoisotopic (exact) mass is 252 g/mol. The lowest BCUT2D eigenvalue weighted by Gasteiger charge is -2.43. The van der Waals surface area contributed by atoms with Crippen molar-refractivity contribution in [1.29, 1.82) is 0 Å². The summed E-state index contributed by atoms with van der Waals surface area (Å²) in [5.74, 6) is 0. The molecular formula is C16H32N2. The number of nitrogens with one attached hydrogen (secondary N) is 1. The zero-order valence-corrected chi connectivity index (χ0v) is 12.5. The van der Waals surface area contributed by atoms with Crippen molar-refractivity contribution in [2.75, 3.05) is 13.1 Å². The molecule has 0 spiro atoms. The van der Waals surface area contributed by atoms with Gasteiger partial charge in [0.05, 0.1) is 0 Å². The van der Waals surface area contributed by atoms with Crippen molar-refractivity contribution in [3.05, 3.63) is 0 Å². The normalized spacial score (nSPS) is 35.3. The van der Waals surface area contributed by atoms with Gasteiger partial charge in [-0.2, -0.15) is 0 Å². The topological polar surface area (TPSA) is 15.3 Å². The quantitative estimate of drug-likeness (QED) is 0.823. The van der Waals surface area contributed by atoms with Gasteiger partial charge in [-0.25, -0.2) is 0 Å². The lowest BCUT2D eigenvalue weighted by Crippen LogP contribution is -2.54. The van der Waals surface area contributed by atoms with Crippen LogP contribution in [0.2, 0.25) is 0 Å². The second-order valence-electron chi connectivity index (χ2n) is 6.17. The minimum atomic E-state index is 0.760. The minimum absolute atomic E-state index is 0.760. The fraction of sp³-hybridized carbons (Fsp3) is 1.00. The molecule has 1 N–H and O–H groups in total. The second kappa shape index (κ2) is 7.49. The highest BCUT2D eigenvalue weighted by molar-refractivity contribution is 4.91. The largest absolute Gasteiger partial charge is 0.313 e. The van der Waals surface area contributed by atoms with Gasteiger partial charge in [-0.3, -0.25) is 4.90 Å². The molecule has 1 aliphatic heterocycles. The summed E-state index contributed by atoms with van der Waals surface area (Å²) in [6.07, 6.45) is 12.8. The Labute approximate surface area is 114 Å². The SMILES string of the molecule is CCNC1CCCCC1N1CCCCCC1CC. The van der Waals surface area contributed by atoms with Crippen LogP contribution in [0.4, 0.5) is 0 Å². The zero-order valence-electron chi connectivity index (χ0n) is 12.5. The summed E-state index contributed by atoms with van der Waals surface area (Å²) in [5.41, 5.74) is 0. The van der Waals surface area contributed by atoms with Crippen LogP contribution in [0.1, 0.15) is 71.6 Å². The highest BCUT2D eigenvalue weighted by atomic mass is 15.2. The first-order valence-corrected chi connectivity index (χ1v) is 8.36. The van der Waals surface area contributed by atoms with Crippen molar-refractivity contribution in [1.82, 2.24) is 10.2 Å². The van der Waals surface area contributed by atoms with E-state index in [9.17, 15) is 0 Å². The van der Waals surface area contributed by atoms with Gasteiger partial charge in [-0.15, -0.1) is 0 Å². The molecule has 2 heteroatoms. The summed E-state index contributed by atoms with van der Waals surface area (Å²) < 4.78 is 0. The van der Waals surface area contributed by atoms with Crippen LogP contribution in [0.5, 0.6) is 0 Å². The summed E-state index contributed by atoms with van der Waals surface area (Å²) in [7, 11) is 0. The highest BCUT2D eigenvalue weighted by Crippen LogP contribution is 2.29. The van der Waals surface area contributed by atoms with Gasteiger partial charge in [0.1, 0.15) is 0 Å². The van der Waals surface area contributed by atoms with Gasteiger partial charge in [0.15, 0.2) is 0 Å². The molecule has 0 aromatic rings. The fourth-order valence-electron chi connectivity index (χ4n) is 4.08. The molecule has 0 bridgehead atoms. The van der Waals surface area contributed by atoms with Gasteiger partial charge in [0, 0.05) is 18.1 Å². The van der Waals surface area contributed by atoms with Gasteiger partial charge in [-0.1, -0.05) is 39.5 Å². The maximum atomic E-state index is 3.76. The van der Waals surface area contributed by atoms with Crippen molar-refractivity contribution in [2.24, 2.45) is 0 Å². The minimum Gasteiger partial charge on any atom is -0.313 e. The Morgan fingerprint density at radius 2 is 1.72 bits per heavy atom. The predicted octanol–water partition coefficient (Wildman–Crippen LogP) is 3.56. The number of hydrogen-bond donors (Lipinski definition) is 1. The molecule has 2 nitrogen and oxygen atoms in total. The van der Waals surface area contributed by atoms with Crippen molar-refractivity contribution >= 4 is 0 Å². The van der Waals surface area contributed by atoms with E-state index in [1.54, 1.807) is 0 Å². The van der Waals surface area contributed by atoms with Crippen LogP contribution < -0.4 is 5.32 Å². The summed E-state index contributed by atoms with van der Waals surface area (Å²) in [4.78, 5) is 2.89. The van der Waals surface area contributed by atoms with E-state index in [1.807, 2.05) is 0 Å². The van der Waals surface area contributed by atoms with Crippen molar-refractivity contribution in [2.45, 2.75) is 89.8 Å². The molecule has 0 radical (unpaired) electrons. The van der Waals surface area contributed by atoms with Gasteiger partial charge < -0.3 is 5.32 Å². The number of likely N-dealkylation sites (N-methyl/N-ethyl adjacent to an activating group) is 1. The Morgan fingerprint density at radius 1 is 0.944 bits per heavy atom. The molecule has 106 valence electrons. The van der Waals surface area contributed by atoms with E-state index in [2.05, 4.69) is 24.1 Å². The fourth-order valence-corrected chi connectivity index (χ4v) is 4.08. The standard InChI is InChI=1S/C16H32N2/c1-3-14-10-6-5-9-13-18(14)16-12-8-7-11-15(16)17-4-2/h14-17H,3-13H2,1-2H3. The summed E-state index contributed by atoms with van der Waals surface area (Å²) >= 11 is 0. The van der Waals surface area contributed by atoms with Crippen LogP contribution >= 0.6 is 0 Å². The van der Waals surface area contributed by atoms with Crippen molar-refractivity contribution in [3.63, 3.8) is 0 Å². The molecule has 3 atom stereocenters. The molecule has 1 saturated carbocycles. The third-order valence-electron chi connectivity index (χ3n) is 5.02. The summed E-state index contributed by atoms with van der Waals surface area (Å²) in [6.45, 7) is 7.12. The Hall–Kier alpha value is -0.0800. The van der Waals surface area contributed by atoms with Crippen LogP contribution in [0.3, 0.4) is 0 Å². The molecular weight excluding hydrogens is 220 g/mol. The Bertz CT molecular complexity index is 227. The zero-order chi connectivity index (χ0) is 12.8. The summed E-state index contributed by atoms with van der Waals surface area (Å²) in [6, 6.07) is 2.44. The van der Waals surface area contributed by atoms with Crippen LogP contribution in [-0.2, 0) is 0 Å². The van der Waals surface area contributed by atoms with Gasteiger partial charge >= 0.3 is 0 Å². The first-order chi connectivity index (χ1) is 8.86.